The first-order chi connectivity index (χ1) is 8.11. The third-order valence-electron chi connectivity index (χ3n) is 3.01. The number of nitrogens with two attached hydrogens (primary N) is 1. The predicted molar refractivity (Wildman–Crippen MR) is 64.0 cm³/mol. The molecule has 1 aromatic heterocycles. The molecule has 2 unspecified atom stereocenters. The van der Waals surface area contributed by atoms with Crippen molar-refractivity contribution in [2.75, 3.05) is 0 Å². The van der Waals surface area contributed by atoms with Crippen LogP contribution < -0.4 is 5.73 Å². The van der Waals surface area contributed by atoms with E-state index in [0.717, 1.165) is 18.5 Å². The van der Waals surface area contributed by atoms with E-state index in [1.807, 2.05) is 11.8 Å². The van der Waals surface area contributed by atoms with Gasteiger partial charge >= 0.3 is 0 Å². The van der Waals surface area contributed by atoms with Gasteiger partial charge < -0.3 is 10.6 Å². The highest BCUT2D eigenvalue weighted by Gasteiger charge is 2.37. The smallest absolute Gasteiger partial charge is 0.240 e. The molecule has 1 aliphatic carbocycles. The minimum absolute atomic E-state index is 0.00865. The van der Waals surface area contributed by atoms with Gasteiger partial charge in [0.1, 0.15) is 0 Å². The van der Waals surface area contributed by atoms with Crippen molar-refractivity contribution in [1.29, 1.82) is 0 Å². The second-order valence-electron chi connectivity index (χ2n) is 4.57. The summed E-state index contributed by atoms with van der Waals surface area (Å²) in [5, 5.41) is 0. The van der Waals surface area contributed by atoms with Crippen LogP contribution in [-0.4, -0.2) is 32.9 Å². The van der Waals surface area contributed by atoms with Crippen LogP contribution in [0.15, 0.2) is 18.6 Å². The lowest BCUT2D eigenvalue weighted by Gasteiger charge is -2.30. The van der Waals surface area contributed by atoms with Gasteiger partial charge in [0.25, 0.3) is 0 Å². The van der Waals surface area contributed by atoms with Crippen molar-refractivity contribution in [2.45, 2.75) is 44.8 Å². The minimum atomic E-state index is -0.463. The summed E-state index contributed by atoms with van der Waals surface area (Å²) in [5.74, 6) is -0.00865. The average Bonchev–Trinajstić information content (AvgIpc) is 3.14. The van der Waals surface area contributed by atoms with Crippen LogP contribution in [0, 0.1) is 0 Å². The minimum Gasteiger partial charge on any atom is -0.330 e. The van der Waals surface area contributed by atoms with Crippen LogP contribution >= 0.6 is 0 Å². The highest BCUT2D eigenvalue weighted by Crippen LogP contribution is 2.33. The fourth-order valence-corrected chi connectivity index (χ4v) is 1.94. The molecule has 0 aromatic carbocycles. The molecule has 2 rings (SSSR count). The summed E-state index contributed by atoms with van der Waals surface area (Å²) in [5.41, 5.74) is 6.50. The van der Waals surface area contributed by atoms with Crippen LogP contribution in [0.1, 0.15) is 38.4 Å². The molecule has 1 amide bonds. The van der Waals surface area contributed by atoms with Crippen molar-refractivity contribution < 1.29 is 4.79 Å². The van der Waals surface area contributed by atoms with Crippen LogP contribution in [0.4, 0.5) is 0 Å². The van der Waals surface area contributed by atoms with Gasteiger partial charge in [-0.25, -0.2) is 0 Å². The third-order valence-corrected chi connectivity index (χ3v) is 3.01. The molecule has 1 fully saturated rings. The Hall–Kier alpha value is -1.49. The van der Waals surface area contributed by atoms with Crippen molar-refractivity contribution in [3.63, 3.8) is 0 Å². The molecule has 1 aliphatic rings. The Morgan fingerprint density at radius 3 is 2.65 bits per heavy atom. The van der Waals surface area contributed by atoms with Gasteiger partial charge in [-0.05, 0) is 26.7 Å². The molecule has 5 heteroatoms. The lowest BCUT2D eigenvalue weighted by molar-refractivity contribution is -0.135. The van der Waals surface area contributed by atoms with Gasteiger partial charge in [0.05, 0.1) is 24.0 Å². The summed E-state index contributed by atoms with van der Waals surface area (Å²) in [7, 11) is 0. The first-order valence-corrected chi connectivity index (χ1v) is 5.95. The third kappa shape index (κ3) is 2.61. The van der Waals surface area contributed by atoms with Gasteiger partial charge in [0, 0.05) is 18.4 Å². The quantitative estimate of drug-likeness (QED) is 0.839. The monoisotopic (exact) mass is 234 g/mol. The van der Waals surface area contributed by atoms with Gasteiger partial charge in [-0.1, -0.05) is 0 Å². The number of rotatable bonds is 4. The van der Waals surface area contributed by atoms with Gasteiger partial charge in [-0.3, -0.25) is 14.8 Å². The van der Waals surface area contributed by atoms with Gasteiger partial charge in [0.15, 0.2) is 0 Å². The van der Waals surface area contributed by atoms with E-state index >= 15 is 0 Å². The summed E-state index contributed by atoms with van der Waals surface area (Å²) in [4.78, 5) is 22.2. The highest BCUT2D eigenvalue weighted by molar-refractivity contribution is 5.82. The van der Waals surface area contributed by atoms with Crippen LogP contribution in [0.5, 0.6) is 0 Å². The first-order valence-electron chi connectivity index (χ1n) is 5.95. The molecule has 0 spiro atoms. The molecule has 17 heavy (non-hydrogen) atoms. The molecule has 2 atom stereocenters. The maximum atomic E-state index is 12.1. The van der Waals surface area contributed by atoms with E-state index in [0.29, 0.717) is 6.04 Å². The van der Waals surface area contributed by atoms with Crippen molar-refractivity contribution in [3.05, 3.63) is 24.3 Å². The largest absolute Gasteiger partial charge is 0.330 e. The zero-order valence-electron chi connectivity index (χ0n) is 10.2. The van der Waals surface area contributed by atoms with E-state index in [4.69, 9.17) is 5.73 Å². The molecule has 0 saturated heterocycles. The van der Waals surface area contributed by atoms with Crippen LogP contribution in [0.25, 0.3) is 0 Å². The number of nitrogens with zero attached hydrogens (tertiary/aromatic N) is 3. The van der Waals surface area contributed by atoms with Crippen LogP contribution in [-0.2, 0) is 4.79 Å². The van der Waals surface area contributed by atoms with Crippen molar-refractivity contribution >= 4 is 5.91 Å². The van der Waals surface area contributed by atoms with Crippen molar-refractivity contribution in [1.82, 2.24) is 14.9 Å². The van der Waals surface area contributed by atoms with Gasteiger partial charge in [0.2, 0.25) is 5.91 Å². The summed E-state index contributed by atoms with van der Waals surface area (Å²) in [6, 6.07) is -0.199. The molecule has 92 valence electrons. The van der Waals surface area contributed by atoms with E-state index in [1.54, 1.807) is 25.5 Å². The average molecular weight is 234 g/mol. The second kappa shape index (κ2) is 4.79. The van der Waals surface area contributed by atoms with Crippen molar-refractivity contribution in [3.8, 4) is 0 Å². The summed E-state index contributed by atoms with van der Waals surface area (Å²) < 4.78 is 0. The molecule has 2 N–H and O–H groups in total. The number of carbonyl (C=O) groups excluding carboxylic acids is 1. The standard InChI is InChI=1S/C12H18N4O/c1-8(13)12(17)16(10-3-4-10)9(2)11-7-14-5-6-15-11/h5-10H,3-4,13H2,1-2H3. The summed E-state index contributed by atoms with van der Waals surface area (Å²) >= 11 is 0. The fraction of sp³-hybridized carbons (Fsp3) is 0.583. The van der Waals surface area contributed by atoms with E-state index < -0.39 is 6.04 Å². The second-order valence-corrected chi connectivity index (χ2v) is 4.57. The summed E-state index contributed by atoms with van der Waals surface area (Å²) in [6.45, 7) is 3.70. The van der Waals surface area contributed by atoms with E-state index in [-0.39, 0.29) is 11.9 Å². The van der Waals surface area contributed by atoms with E-state index in [9.17, 15) is 4.79 Å². The summed E-state index contributed by atoms with van der Waals surface area (Å²) in [6.07, 6.45) is 7.10. The Labute approximate surface area is 101 Å². The molecular formula is C12H18N4O. The van der Waals surface area contributed by atoms with Gasteiger partial charge in [-0.15, -0.1) is 0 Å². The Morgan fingerprint density at radius 1 is 1.47 bits per heavy atom. The number of hydrogen-bond acceptors (Lipinski definition) is 4. The number of aromatic nitrogens is 2. The lowest BCUT2D eigenvalue weighted by Crippen LogP contribution is -2.44. The molecule has 1 heterocycles. The van der Waals surface area contributed by atoms with Crippen LogP contribution in [0.2, 0.25) is 0 Å². The molecule has 1 aromatic rings. The van der Waals surface area contributed by atoms with Crippen LogP contribution in [0.3, 0.4) is 0 Å². The maximum Gasteiger partial charge on any atom is 0.240 e. The molecule has 1 saturated carbocycles. The zero-order chi connectivity index (χ0) is 12.4. The van der Waals surface area contributed by atoms with Gasteiger partial charge in [-0.2, -0.15) is 0 Å². The van der Waals surface area contributed by atoms with E-state index in [1.165, 1.54) is 0 Å². The van der Waals surface area contributed by atoms with Crippen molar-refractivity contribution in [2.24, 2.45) is 5.73 Å². The molecule has 0 bridgehead atoms. The maximum absolute atomic E-state index is 12.1. The zero-order valence-corrected chi connectivity index (χ0v) is 10.2. The fourth-order valence-electron chi connectivity index (χ4n) is 1.94. The molecule has 5 nitrogen and oxygen atoms in total. The number of carbonyl (C=O) groups is 1. The molecular weight excluding hydrogens is 216 g/mol. The highest BCUT2D eigenvalue weighted by atomic mass is 16.2. The van der Waals surface area contributed by atoms with E-state index in [2.05, 4.69) is 9.97 Å². The molecule has 0 radical (unpaired) electrons. The normalized spacial score (nSPS) is 18.5. The number of hydrogen-bond donors (Lipinski definition) is 1. The Morgan fingerprint density at radius 2 is 2.18 bits per heavy atom. The Kier molecular flexibility index (Phi) is 3.38. The molecule has 0 aliphatic heterocycles. The lowest BCUT2D eigenvalue weighted by atomic mass is 10.1. The topological polar surface area (TPSA) is 72.1 Å². The predicted octanol–water partition coefficient (Wildman–Crippen LogP) is 0.876. The first kappa shape index (κ1) is 12.0. The Bertz CT molecular complexity index is 389. The SMILES string of the molecule is CC(N)C(=O)N(C1CC1)C(C)c1cnccn1. The Balaban J connectivity index is 2.19. The number of amides is 1.